The summed E-state index contributed by atoms with van der Waals surface area (Å²) in [5, 5.41) is 6.20. The van der Waals surface area contributed by atoms with Crippen LogP contribution in [0, 0.1) is 0 Å². The molecule has 0 radical (unpaired) electrons. The van der Waals surface area contributed by atoms with Gasteiger partial charge in [-0.25, -0.2) is 4.79 Å². The number of amides is 3. The lowest BCUT2D eigenvalue weighted by Crippen LogP contribution is -2.47. The zero-order chi connectivity index (χ0) is 20.8. The zero-order valence-electron chi connectivity index (χ0n) is 16.4. The third kappa shape index (κ3) is 5.12. The van der Waals surface area contributed by atoms with Gasteiger partial charge in [-0.1, -0.05) is 29.8 Å². The van der Waals surface area contributed by atoms with Gasteiger partial charge in [-0.3, -0.25) is 4.79 Å². The van der Waals surface area contributed by atoms with Crippen molar-refractivity contribution in [2.75, 3.05) is 32.6 Å². The highest BCUT2D eigenvalue weighted by molar-refractivity contribution is 6.32. The van der Waals surface area contributed by atoms with Crippen molar-refractivity contribution in [2.45, 2.75) is 18.9 Å². The van der Waals surface area contributed by atoms with E-state index in [4.69, 9.17) is 21.1 Å². The maximum atomic E-state index is 12.6. The van der Waals surface area contributed by atoms with E-state index in [1.807, 2.05) is 30.3 Å². The molecular formula is C21H24ClN3O4. The van der Waals surface area contributed by atoms with E-state index in [9.17, 15) is 9.59 Å². The fourth-order valence-electron chi connectivity index (χ4n) is 3.27. The molecule has 2 N–H and O–H groups in total. The molecule has 2 aromatic carbocycles. The minimum Gasteiger partial charge on any atom is -0.493 e. The number of para-hydroxylation sites is 1. The van der Waals surface area contributed by atoms with E-state index >= 15 is 0 Å². The fourth-order valence-corrected chi connectivity index (χ4v) is 3.56. The molecule has 1 saturated heterocycles. The van der Waals surface area contributed by atoms with E-state index in [0.29, 0.717) is 48.0 Å². The predicted molar refractivity (Wildman–Crippen MR) is 112 cm³/mol. The average molecular weight is 418 g/mol. The summed E-state index contributed by atoms with van der Waals surface area (Å²) in [6, 6.07) is 12.3. The van der Waals surface area contributed by atoms with Crippen LogP contribution in [0.3, 0.4) is 0 Å². The predicted octanol–water partition coefficient (Wildman–Crippen LogP) is 3.78. The first-order valence-electron chi connectivity index (χ1n) is 9.35. The maximum Gasteiger partial charge on any atom is 0.321 e. The highest BCUT2D eigenvalue weighted by Crippen LogP contribution is 2.36. The number of hydrogen-bond donors (Lipinski definition) is 2. The van der Waals surface area contributed by atoms with Gasteiger partial charge in [-0.15, -0.1) is 0 Å². The van der Waals surface area contributed by atoms with Crippen LogP contribution in [0.1, 0.15) is 23.2 Å². The normalized spacial score (nSPS) is 14.2. The number of nitrogens with one attached hydrogen (secondary N) is 2. The zero-order valence-corrected chi connectivity index (χ0v) is 17.2. The molecule has 0 saturated carbocycles. The van der Waals surface area contributed by atoms with Gasteiger partial charge in [0.2, 0.25) is 0 Å². The Morgan fingerprint density at radius 1 is 1.07 bits per heavy atom. The number of carbonyl (C=O) groups excluding carboxylic acids is 2. The van der Waals surface area contributed by atoms with Gasteiger partial charge in [0.05, 0.1) is 19.2 Å². The number of likely N-dealkylation sites (tertiary alicyclic amines) is 1. The Morgan fingerprint density at radius 3 is 2.38 bits per heavy atom. The Bertz CT molecular complexity index is 868. The van der Waals surface area contributed by atoms with Gasteiger partial charge >= 0.3 is 6.03 Å². The van der Waals surface area contributed by atoms with Crippen LogP contribution in [-0.2, 0) is 0 Å². The second-order valence-corrected chi connectivity index (χ2v) is 7.13. The van der Waals surface area contributed by atoms with Crippen LogP contribution in [0.15, 0.2) is 42.5 Å². The number of ether oxygens (including phenoxy) is 2. The molecule has 154 valence electrons. The van der Waals surface area contributed by atoms with Crippen molar-refractivity contribution in [1.82, 2.24) is 10.2 Å². The first kappa shape index (κ1) is 20.8. The minimum absolute atomic E-state index is 0.0184. The molecule has 3 rings (SSSR count). The van der Waals surface area contributed by atoms with Crippen LogP contribution in [0.4, 0.5) is 10.5 Å². The molecule has 29 heavy (non-hydrogen) atoms. The van der Waals surface area contributed by atoms with Gasteiger partial charge in [0.1, 0.15) is 0 Å². The van der Waals surface area contributed by atoms with Crippen molar-refractivity contribution in [3.05, 3.63) is 53.1 Å². The Kier molecular flexibility index (Phi) is 6.82. The summed E-state index contributed by atoms with van der Waals surface area (Å²) >= 11 is 6.18. The second kappa shape index (κ2) is 9.52. The summed E-state index contributed by atoms with van der Waals surface area (Å²) in [7, 11) is 2.98. The monoisotopic (exact) mass is 417 g/mol. The van der Waals surface area contributed by atoms with E-state index in [2.05, 4.69) is 10.6 Å². The Labute approximate surface area is 174 Å². The van der Waals surface area contributed by atoms with Crippen LogP contribution < -0.4 is 20.1 Å². The molecule has 8 heteroatoms. The van der Waals surface area contributed by atoms with Crippen molar-refractivity contribution in [3.8, 4) is 11.5 Å². The van der Waals surface area contributed by atoms with Crippen molar-refractivity contribution >= 4 is 29.2 Å². The summed E-state index contributed by atoms with van der Waals surface area (Å²) in [4.78, 5) is 26.8. The molecular weight excluding hydrogens is 394 g/mol. The lowest BCUT2D eigenvalue weighted by atomic mass is 10.0. The molecule has 1 aliphatic heterocycles. The van der Waals surface area contributed by atoms with E-state index in [0.717, 1.165) is 5.69 Å². The number of methoxy groups -OCH3 is 2. The Hall–Kier alpha value is -2.93. The van der Waals surface area contributed by atoms with Gasteiger partial charge in [-0.05, 0) is 37.1 Å². The van der Waals surface area contributed by atoms with Gasteiger partial charge < -0.3 is 25.0 Å². The minimum atomic E-state index is -0.236. The molecule has 0 bridgehead atoms. The van der Waals surface area contributed by atoms with E-state index in [-0.39, 0.29) is 18.0 Å². The number of carbonyl (C=O) groups is 2. The van der Waals surface area contributed by atoms with Crippen molar-refractivity contribution in [1.29, 1.82) is 0 Å². The Balaban J connectivity index is 1.55. The van der Waals surface area contributed by atoms with Gasteiger partial charge in [0.25, 0.3) is 5.91 Å². The quantitative estimate of drug-likeness (QED) is 0.775. The molecule has 1 aliphatic rings. The Morgan fingerprint density at radius 2 is 1.76 bits per heavy atom. The highest BCUT2D eigenvalue weighted by atomic mass is 35.5. The highest BCUT2D eigenvalue weighted by Gasteiger charge is 2.25. The lowest BCUT2D eigenvalue weighted by molar-refractivity contribution is 0.0919. The van der Waals surface area contributed by atoms with E-state index < -0.39 is 0 Å². The standard InChI is InChI=1S/C21H24ClN3O4/c1-28-18-13-14(12-17(22)19(18)29-2)20(26)23-16-8-10-25(11-9-16)21(27)24-15-6-4-3-5-7-15/h3-7,12-13,16H,8-11H2,1-2H3,(H,23,26)(H,24,27). The van der Waals surface area contributed by atoms with E-state index in [1.165, 1.54) is 14.2 Å². The number of benzene rings is 2. The van der Waals surface area contributed by atoms with Gasteiger partial charge in [-0.2, -0.15) is 0 Å². The van der Waals surface area contributed by atoms with Crippen LogP contribution in [-0.4, -0.2) is 50.2 Å². The first-order chi connectivity index (χ1) is 14.0. The lowest BCUT2D eigenvalue weighted by Gasteiger charge is -2.32. The summed E-state index contributed by atoms with van der Waals surface area (Å²) < 4.78 is 10.4. The molecule has 0 atom stereocenters. The number of hydrogen-bond acceptors (Lipinski definition) is 4. The molecule has 0 spiro atoms. The number of halogens is 1. The van der Waals surface area contributed by atoms with Crippen molar-refractivity contribution in [2.24, 2.45) is 0 Å². The van der Waals surface area contributed by atoms with Crippen LogP contribution in [0.5, 0.6) is 11.5 Å². The largest absolute Gasteiger partial charge is 0.493 e. The molecule has 0 unspecified atom stereocenters. The number of anilines is 1. The van der Waals surface area contributed by atoms with Gasteiger partial charge in [0.15, 0.2) is 11.5 Å². The molecule has 3 amide bonds. The SMILES string of the molecule is COc1cc(C(=O)NC2CCN(C(=O)Nc3ccccc3)CC2)cc(Cl)c1OC. The fraction of sp³-hybridized carbons (Fsp3) is 0.333. The average Bonchev–Trinajstić information content (AvgIpc) is 2.74. The van der Waals surface area contributed by atoms with Crippen LogP contribution >= 0.6 is 11.6 Å². The third-order valence-electron chi connectivity index (χ3n) is 4.84. The summed E-state index contributed by atoms with van der Waals surface area (Å²) in [5.74, 6) is 0.557. The molecule has 7 nitrogen and oxygen atoms in total. The number of nitrogens with zero attached hydrogens (tertiary/aromatic N) is 1. The summed E-state index contributed by atoms with van der Waals surface area (Å²) in [6.45, 7) is 1.13. The number of urea groups is 1. The third-order valence-corrected chi connectivity index (χ3v) is 5.12. The summed E-state index contributed by atoms with van der Waals surface area (Å²) in [5.41, 5.74) is 1.16. The van der Waals surface area contributed by atoms with E-state index in [1.54, 1.807) is 17.0 Å². The summed E-state index contributed by atoms with van der Waals surface area (Å²) in [6.07, 6.45) is 1.35. The number of piperidine rings is 1. The van der Waals surface area contributed by atoms with Crippen LogP contribution in [0.2, 0.25) is 5.02 Å². The maximum absolute atomic E-state index is 12.6. The topological polar surface area (TPSA) is 79.9 Å². The smallest absolute Gasteiger partial charge is 0.321 e. The molecule has 0 aliphatic carbocycles. The molecule has 1 heterocycles. The van der Waals surface area contributed by atoms with Gasteiger partial charge in [0, 0.05) is 30.4 Å². The molecule has 2 aromatic rings. The molecule has 1 fully saturated rings. The second-order valence-electron chi connectivity index (χ2n) is 6.72. The number of rotatable bonds is 5. The molecule has 0 aromatic heterocycles. The van der Waals surface area contributed by atoms with Crippen LogP contribution in [0.25, 0.3) is 0 Å². The van der Waals surface area contributed by atoms with Crippen molar-refractivity contribution < 1.29 is 19.1 Å². The van der Waals surface area contributed by atoms with Crippen molar-refractivity contribution in [3.63, 3.8) is 0 Å². The first-order valence-corrected chi connectivity index (χ1v) is 9.73.